The number of rotatable bonds is 2. The predicted octanol–water partition coefficient (Wildman–Crippen LogP) is 2.48. The van der Waals surface area contributed by atoms with Crippen LogP contribution in [0.2, 0.25) is 0 Å². The van der Waals surface area contributed by atoms with E-state index in [9.17, 15) is 4.79 Å². The quantitative estimate of drug-likeness (QED) is 0.831. The first-order valence-corrected chi connectivity index (χ1v) is 7.01. The van der Waals surface area contributed by atoms with E-state index in [1.165, 1.54) is 12.8 Å². The van der Waals surface area contributed by atoms with Crippen molar-refractivity contribution in [2.24, 2.45) is 0 Å². The molecule has 2 heterocycles. The number of aldehydes is 1. The van der Waals surface area contributed by atoms with Crippen molar-refractivity contribution in [1.29, 1.82) is 0 Å². The van der Waals surface area contributed by atoms with E-state index >= 15 is 0 Å². The second-order valence-electron chi connectivity index (χ2n) is 5.07. The second-order valence-corrected chi connectivity index (χ2v) is 5.07. The standard InChI is InChI=1S/C15H19NO3/c17-10-11-5-6-12(13-4-1-2-7-16-13)15-14(11)18-8-3-9-19-15/h5-6,10,13,16H,1-4,7-9H2. The Morgan fingerprint density at radius 1 is 1.11 bits per heavy atom. The third-order valence-corrected chi connectivity index (χ3v) is 3.77. The van der Waals surface area contributed by atoms with E-state index in [2.05, 4.69) is 5.32 Å². The van der Waals surface area contributed by atoms with E-state index in [1.807, 2.05) is 12.1 Å². The highest BCUT2D eigenvalue weighted by molar-refractivity contribution is 5.82. The summed E-state index contributed by atoms with van der Waals surface area (Å²) in [6.45, 7) is 2.29. The molecule has 1 fully saturated rings. The molecule has 19 heavy (non-hydrogen) atoms. The van der Waals surface area contributed by atoms with E-state index in [0.717, 1.165) is 37.0 Å². The number of nitrogens with one attached hydrogen (secondary N) is 1. The summed E-state index contributed by atoms with van der Waals surface area (Å²) >= 11 is 0. The van der Waals surface area contributed by atoms with Crippen LogP contribution in [0.1, 0.15) is 47.6 Å². The van der Waals surface area contributed by atoms with Crippen LogP contribution in [0.15, 0.2) is 12.1 Å². The zero-order valence-corrected chi connectivity index (χ0v) is 11.0. The Morgan fingerprint density at radius 2 is 1.95 bits per heavy atom. The maximum Gasteiger partial charge on any atom is 0.171 e. The van der Waals surface area contributed by atoms with Gasteiger partial charge in [-0.1, -0.05) is 12.5 Å². The topological polar surface area (TPSA) is 47.6 Å². The van der Waals surface area contributed by atoms with Crippen molar-refractivity contribution in [2.45, 2.75) is 31.7 Å². The van der Waals surface area contributed by atoms with Gasteiger partial charge in [0, 0.05) is 18.0 Å². The van der Waals surface area contributed by atoms with Gasteiger partial charge >= 0.3 is 0 Å². The van der Waals surface area contributed by atoms with Crippen molar-refractivity contribution in [1.82, 2.24) is 5.32 Å². The molecule has 2 aliphatic heterocycles. The van der Waals surface area contributed by atoms with Crippen LogP contribution < -0.4 is 14.8 Å². The molecule has 0 aliphatic carbocycles. The van der Waals surface area contributed by atoms with Gasteiger partial charge in [-0.2, -0.15) is 0 Å². The molecule has 0 saturated carbocycles. The maximum atomic E-state index is 11.1. The highest BCUT2D eigenvalue weighted by Crippen LogP contribution is 2.40. The van der Waals surface area contributed by atoms with Crippen molar-refractivity contribution in [2.75, 3.05) is 19.8 Å². The van der Waals surface area contributed by atoms with Gasteiger partial charge in [0.05, 0.1) is 18.8 Å². The molecule has 4 heteroatoms. The molecule has 0 bridgehead atoms. The summed E-state index contributed by atoms with van der Waals surface area (Å²) in [7, 11) is 0. The van der Waals surface area contributed by atoms with Gasteiger partial charge in [-0.05, 0) is 25.5 Å². The maximum absolute atomic E-state index is 11.1. The molecule has 1 atom stereocenters. The molecule has 2 aliphatic rings. The average Bonchev–Trinajstić information content (AvgIpc) is 2.73. The molecule has 1 saturated heterocycles. The van der Waals surface area contributed by atoms with E-state index in [0.29, 0.717) is 30.6 Å². The molecule has 102 valence electrons. The van der Waals surface area contributed by atoms with Gasteiger partial charge in [-0.15, -0.1) is 0 Å². The summed E-state index contributed by atoms with van der Waals surface area (Å²) < 4.78 is 11.6. The van der Waals surface area contributed by atoms with Gasteiger partial charge in [0.2, 0.25) is 0 Å². The summed E-state index contributed by atoms with van der Waals surface area (Å²) in [5, 5.41) is 3.52. The minimum atomic E-state index is 0.310. The highest BCUT2D eigenvalue weighted by atomic mass is 16.5. The summed E-state index contributed by atoms with van der Waals surface area (Å²) in [4.78, 5) is 11.1. The van der Waals surface area contributed by atoms with Crippen LogP contribution in [0.4, 0.5) is 0 Å². The number of fused-ring (bicyclic) bond motifs is 1. The third-order valence-electron chi connectivity index (χ3n) is 3.77. The molecule has 0 aromatic heterocycles. The molecular formula is C15H19NO3. The van der Waals surface area contributed by atoms with Crippen LogP contribution in [0, 0.1) is 0 Å². The normalized spacial score (nSPS) is 22.6. The van der Waals surface area contributed by atoms with Gasteiger partial charge in [-0.25, -0.2) is 0 Å². The number of benzene rings is 1. The molecule has 4 nitrogen and oxygen atoms in total. The smallest absolute Gasteiger partial charge is 0.171 e. The van der Waals surface area contributed by atoms with Crippen LogP contribution in [-0.4, -0.2) is 26.0 Å². The Bertz CT molecular complexity index is 467. The highest BCUT2D eigenvalue weighted by Gasteiger charge is 2.24. The first-order valence-electron chi connectivity index (χ1n) is 7.01. The van der Waals surface area contributed by atoms with E-state index < -0.39 is 0 Å². The van der Waals surface area contributed by atoms with Crippen molar-refractivity contribution >= 4 is 6.29 Å². The molecule has 0 spiro atoms. The summed E-state index contributed by atoms with van der Waals surface area (Å²) in [5.41, 5.74) is 1.71. The van der Waals surface area contributed by atoms with Crippen molar-refractivity contribution in [3.05, 3.63) is 23.3 Å². The zero-order chi connectivity index (χ0) is 13.1. The van der Waals surface area contributed by atoms with Crippen LogP contribution in [0.25, 0.3) is 0 Å². The first-order chi connectivity index (χ1) is 9.40. The fraction of sp³-hybridized carbons (Fsp3) is 0.533. The zero-order valence-electron chi connectivity index (χ0n) is 11.0. The molecule has 1 unspecified atom stereocenters. The number of carbonyl (C=O) groups excluding carboxylic acids is 1. The lowest BCUT2D eigenvalue weighted by Gasteiger charge is -2.26. The Hall–Kier alpha value is -1.55. The monoisotopic (exact) mass is 261 g/mol. The molecule has 1 aromatic carbocycles. The van der Waals surface area contributed by atoms with Crippen molar-refractivity contribution < 1.29 is 14.3 Å². The summed E-state index contributed by atoms with van der Waals surface area (Å²) in [6, 6.07) is 4.15. The Morgan fingerprint density at radius 3 is 2.68 bits per heavy atom. The van der Waals surface area contributed by atoms with Crippen LogP contribution in [0.3, 0.4) is 0 Å². The first kappa shape index (κ1) is 12.5. The lowest BCUT2D eigenvalue weighted by Crippen LogP contribution is -2.27. The van der Waals surface area contributed by atoms with Gasteiger partial charge in [-0.3, -0.25) is 4.79 Å². The SMILES string of the molecule is O=Cc1ccc(C2CCCCN2)c2c1OCCCO2. The molecule has 0 radical (unpaired) electrons. The molecule has 1 aromatic rings. The minimum absolute atomic E-state index is 0.310. The van der Waals surface area contributed by atoms with Crippen LogP contribution in [-0.2, 0) is 0 Å². The lowest BCUT2D eigenvalue weighted by molar-refractivity contribution is 0.111. The minimum Gasteiger partial charge on any atom is -0.489 e. The van der Waals surface area contributed by atoms with Gasteiger partial charge < -0.3 is 14.8 Å². The number of hydrogen-bond donors (Lipinski definition) is 1. The van der Waals surface area contributed by atoms with Gasteiger partial charge in [0.25, 0.3) is 0 Å². The molecule has 0 amide bonds. The summed E-state index contributed by atoms with van der Waals surface area (Å²) in [6.07, 6.45) is 5.25. The Balaban J connectivity index is 2.01. The third kappa shape index (κ3) is 2.45. The van der Waals surface area contributed by atoms with E-state index in [-0.39, 0.29) is 0 Å². The molecular weight excluding hydrogens is 242 g/mol. The fourth-order valence-corrected chi connectivity index (χ4v) is 2.78. The number of hydrogen-bond acceptors (Lipinski definition) is 4. The van der Waals surface area contributed by atoms with E-state index in [1.54, 1.807) is 0 Å². The number of carbonyl (C=O) groups is 1. The molecule has 3 rings (SSSR count). The Kier molecular flexibility index (Phi) is 3.69. The van der Waals surface area contributed by atoms with Crippen molar-refractivity contribution in [3.63, 3.8) is 0 Å². The molecule has 1 N–H and O–H groups in total. The van der Waals surface area contributed by atoms with Crippen molar-refractivity contribution in [3.8, 4) is 11.5 Å². The Labute approximate surface area is 113 Å². The lowest BCUT2D eigenvalue weighted by atomic mass is 9.95. The summed E-state index contributed by atoms with van der Waals surface area (Å²) in [5.74, 6) is 1.39. The van der Waals surface area contributed by atoms with Gasteiger partial charge in [0.1, 0.15) is 0 Å². The number of ether oxygens (including phenoxy) is 2. The number of piperidine rings is 1. The van der Waals surface area contributed by atoms with Gasteiger partial charge in [0.15, 0.2) is 17.8 Å². The van der Waals surface area contributed by atoms with E-state index in [4.69, 9.17) is 9.47 Å². The average molecular weight is 261 g/mol. The van der Waals surface area contributed by atoms with Crippen LogP contribution >= 0.6 is 0 Å². The largest absolute Gasteiger partial charge is 0.489 e. The second kappa shape index (κ2) is 5.61. The van der Waals surface area contributed by atoms with Crippen LogP contribution in [0.5, 0.6) is 11.5 Å². The fourth-order valence-electron chi connectivity index (χ4n) is 2.78. The predicted molar refractivity (Wildman–Crippen MR) is 72.0 cm³/mol.